The summed E-state index contributed by atoms with van der Waals surface area (Å²) >= 11 is 0. The van der Waals surface area contributed by atoms with E-state index >= 15 is 0 Å². The molecule has 0 aliphatic heterocycles. The number of aliphatic hydroxyl groups is 1. The van der Waals surface area contributed by atoms with Crippen molar-refractivity contribution in [2.24, 2.45) is 0 Å². The van der Waals surface area contributed by atoms with Crippen molar-refractivity contribution in [3.8, 4) is 0 Å². The molecule has 6 nitrogen and oxygen atoms in total. The molecule has 30 heavy (non-hydrogen) atoms. The Labute approximate surface area is 170 Å². The third kappa shape index (κ3) is 4.20. The fraction of sp³-hybridized carbons (Fsp3) is 0.143. The predicted octanol–water partition coefficient (Wildman–Crippen LogP) is 4.64. The summed E-state index contributed by atoms with van der Waals surface area (Å²) < 4.78 is 39.7. The zero-order chi connectivity index (χ0) is 21.1. The summed E-state index contributed by atoms with van der Waals surface area (Å²) in [7, 11) is 0. The van der Waals surface area contributed by atoms with Crippen LogP contribution in [-0.4, -0.2) is 26.3 Å². The first-order valence-electron chi connectivity index (χ1n) is 9.16. The second-order valence-corrected chi connectivity index (χ2v) is 6.61. The van der Waals surface area contributed by atoms with Crippen LogP contribution >= 0.6 is 0 Å². The number of hydrogen-bond acceptors (Lipinski definition) is 5. The number of aliphatic hydroxyl groups excluding tert-OH is 1. The first-order chi connectivity index (χ1) is 14.4. The average Bonchev–Trinajstić information content (AvgIpc) is 3.15. The number of alkyl halides is 3. The minimum absolute atomic E-state index is 0.119. The van der Waals surface area contributed by atoms with Gasteiger partial charge in [0.05, 0.1) is 18.2 Å². The predicted molar refractivity (Wildman–Crippen MR) is 108 cm³/mol. The zero-order valence-corrected chi connectivity index (χ0v) is 15.6. The lowest BCUT2D eigenvalue weighted by molar-refractivity contribution is -0.137. The number of fused-ring (bicyclic) bond motifs is 1. The largest absolute Gasteiger partial charge is 0.416 e. The van der Waals surface area contributed by atoms with Crippen LogP contribution in [0.4, 0.5) is 30.6 Å². The molecule has 0 bridgehead atoms. The lowest BCUT2D eigenvalue weighted by Gasteiger charge is -2.18. The molecule has 4 rings (SSSR count). The second kappa shape index (κ2) is 8.03. The van der Waals surface area contributed by atoms with Gasteiger partial charge < -0.3 is 15.7 Å². The molecule has 0 amide bonds. The van der Waals surface area contributed by atoms with E-state index in [9.17, 15) is 18.3 Å². The van der Waals surface area contributed by atoms with Gasteiger partial charge in [0, 0.05) is 5.69 Å². The van der Waals surface area contributed by atoms with Gasteiger partial charge in [-0.25, -0.2) is 0 Å². The molecule has 9 heteroatoms. The van der Waals surface area contributed by atoms with Crippen molar-refractivity contribution in [1.29, 1.82) is 0 Å². The Bertz CT molecular complexity index is 1130. The van der Waals surface area contributed by atoms with Crippen LogP contribution < -0.4 is 10.6 Å². The highest BCUT2D eigenvalue weighted by molar-refractivity contribution is 5.58. The number of halogens is 3. The summed E-state index contributed by atoms with van der Waals surface area (Å²) in [5.41, 5.74) is 1.17. The topological polar surface area (TPSA) is 74.5 Å². The number of anilines is 3. The van der Waals surface area contributed by atoms with Gasteiger partial charge in [0.25, 0.3) is 0 Å². The Morgan fingerprint density at radius 3 is 2.33 bits per heavy atom. The van der Waals surface area contributed by atoms with Crippen LogP contribution in [0.2, 0.25) is 0 Å². The molecule has 2 aromatic heterocycles. The molecule has 2 heterocycles. The van der Waals surface area contributed by atoms with E-state index in [1.54, 1.807) is 22.7 Å². The van der Waals surface area contributed by atoms with Crippen LogP contribution in [0.1, 0.15) is 17.2 Å². The molecule has 1 atom stereocenters. The van der Waals surface area contributed by atoms with Gasteiger partial charge in [-0.15, -0.1) is 5.10 Å². The van der Waals surface area contributed by atoms with Crippen LogP contribution in [0.15, 0.2) is 72.8 Å². The zero-order valence-electron chi connectivity index (χ0n) is 15.6. The molecule has 0 unspecified atom stereocenters. The van der Waals surface area contributed by atoms with Gasteiger partial charge in [0.2, 0.25) is 5.95 Å². The lowest BCUT2D eigenvalue weighted by atomic mass is 10.1. The molecular weight excluding hydrogens is 395 g/mol. The molecule has 0 saturated carbocycles. The molecule has 4 aromatic rings. The molecule has 3 N–H and O–H groups in total. The monoisotopic (exact) mass is 413 g/mol. The Morgan fingerprint density at radius 2 is 1.67 bits per heavy atom. The van der Waals surface area contributed by atoms with Crippen molar-refractivity contribution in [3.63, 3.8) is 0 Å². The van der Waals surface area contributed by atoms with E-state index in [-0.39, 0.29) is 18.6 Å². The number of aromatic nitrogens is 3. The van der Waals surface area contributed by atoms with Gasteiger partial charge in [0.1, 0.15) is 5.82 Å². The van der Waals surface area contributed by atoms with Crippen LogP contribution in [0, 0.1) is 0 Å². The van der Waals surface area contributed by atoms with Crippen LogP contribution in [0.5, 0.6) is 0 Å². The first-order valence-corrected chi connectivity index (χ1v) is 9.16. The smallest absolute Gasteiger partial charge is 0.394 e. The number of rotatable bonds is 6. The summed E-state index contributed by atoms with van der Waals surface area (Å²) in [6.07, 6.45) is -4.39. The van der Waals surface area contributed by atoms with Crippen molar-refractivity contribution < 1.29 is 18.3 Å². The third-order valence-corrected chi connectivity index (χ3v) is 4.53. The summed E-state index contributed by atoms with van der Waals surface area (Å²) in [4.78, 5) is 4.36. The van der Waals surface area contributed by atoms with Crippen molar-refractivity contribution in [2.45, 2.75) is 12.2 Å². The average molecular weight is 413 g/mol. The maximum absolute atomic E-state index is 12.7. The molecule has 0 spiro atoms. The molecular formula is C21H18F3N5O. The highest BCUT2D eigenvalue weighted by Crippen LogP contribution is 2.30. The molecule has 2 aromatic carbocycles. The first kappa shape index (κ1) is 19.7. The standard InChI is InChI=1S/C21H18F3N5O/c22-21(23,24)15-9-11-16(12-10-15)25-20-27-19-8-4-7-18(29(19)28-20)26-17(13-30)14-5-2-1-3-6-14/h1-12,17,26,30H,13H2,(H,25,28)/t17-/m0/s1. The van der Waals surface area contributed by atoms with Crippen molar-refractivity contribution >= 4 is 23.1 Å². The quantitative estimate of drug-likeness (QED) is 0.430. The van der Waals surface area contributed by atoms with Gasteiger partial charge in [-0.2, -0.15) is 22.7 Å². The number of pyridine rings is 1. The normalized spacial score (nSPS) is 12.7. The Kier molecular flexibility index (Phi) is 5.28. The summed E-state index contributed by atoms with van der Waals surface area (Å²) in [5, 5.41) is 20.3. The summed E-state index contributed by atoms with van der Waals surface area (Å²) in [6, 6.07) is 19.2. The third-order valence-electron chi connectivity index (χ3n) is 4.53. The Balaban J connectivity index is 1.57. The number of nitrogens with one attached hydrogen (secondary N) is 2. The van der Waals surface area contributed by atoms with Gasteiger partial charge in [-0.1, -0.05) is 36.4 Å². The van der Waals surface area contributed by atoms with Crippen molar-refractivity contribution in [1.82, 2.24) is 14.6 Å². The minimum atomic E-state index is -4.39. The van der Waals surface area contributed by atoms with Crippen LogP contribution in [0.25, 0.3) is 5.65 Å². The lowest BCUT2D eigenvalue weighted by Crippen LogP contribution is -2.16. The summed E-state index contributed by atoms with van der Waals surface area (Å²) in [6.45, 7) is -0.119. The highest BCUT2D eigenvalue weighted by Gasteiger charge is 2.30. The Hall–Kier alpha value is -3.59. The van der Waals surface area contributed by atoms with E-state index in [2.05, 4.69) is 20.7 Å². The summed E-state index contributed by atoms with van der Waals surface area (Å²) in [5.74, 6) is 0.854. The SMILES string of the molecule is OC[C@H](Nc1cccc2nc(Nc3ccc(C(F)(F)F)cc3)nn12)c1ccccc1. The Morgan fingerprint density at radius 1 is 0.933 bits per heavy atom. The van der Waals surface area contributed by atoms with Gasteiger partial charge in [-0.3, -0.25) is 0 Å². The number of nitrogens with zero attached hydrogens (tertiary/aromatic N) is 3. The fourth-order valence-corrected chi connectivity index (χ4v) is 3.04. The molecule has 154 valence electrons. The van der Waals surface area contributed by atoms with Crippen LogP contribution in [-0.2, 0) is 6.18 Å². The maximum atomic E-state index is 12.7. The van der Waals surface area contributed by atoms with E-state index in [0.29, 0.717) is 17.2 Å². The van der Waals surface area contributed by atoms with Gasteiger partial charge >= 0.3 is 6.18 Å². The number of hydrogen-bond donors (Lipinski definition) is 3. The minimum Gasteiger partial charge on any atom is -0.394 e. The van der Waals surface area contributed by atoms with E-state index in [1.807, 2.05) is 30.3 Å². The molecule has 0 saturated heterocycles. The van der Waals surface area contributed by atoms with Gasteiger partial charge in [-0.05, 0) is 42.0 Å². The maximum Gasteiger partial charge on any atom is 0.416 e. The van der Waals surface area contributed by atoms with E-state index in [4.69, 9.17) is 0 Å². The number of benzene rings is 2. The van der Waals surface area contributed by atoms with E-state index in [0.717, 1.165) is 17.7 Å². The van der Waals surface area contributed by atoms with Gasteiger partial charge in [0.15, 0.2) is 5.65 Å². The molecule has 0 fully saturated rings. The van der Waals surface area contributed by atoms with Crippen molar-refractivity contribution in [3.05, 3.63) is 83.9 Å². The van der Waals surface area contributed by atoms with Crippen molar-refractivity contribution in [2.75, 3.05) is 17.2 Å². The molecule has 0 radical (unpaired) electrons. The van der Waals surface area contributed by atoms with E-state index < -0.39 is 11.7 Å². The van der Waals surface area contributed by atoms with E-state index in [1.165, 1.54) is 12.1 Å². The molecule has 0 aliphatic carbocycles. The fourth-order valence-electron chi connectivity index (χ4n) is 3.04. The highest BCUT2D eigenvalue weighted by atomic mass is 19.4. The second-order valence-electron chi connectivity index (χ2n) is 6.61. The molecule has 0 aliphatic rings. The van der Waals surface area contributed by atoms with Crippen LogP contribution in [0.3, 0.4) is 0 Å².